The number of methoxy groups -OCH3 is 1. The number of benzene rings is 1. The van der Waals surface area contributed by atoms with Crippen molar-refractivity contribution in [3.63, 3.8) is 0 Å². The lowest BCUT2D eigenvalue weighted by Gasteiger charge is -2.23. The molecule has 19 heavy (non-hydrogen) atoms. The summed E-state index contributed by atoms with van der Waals surface area (Å²) in [5.41, 5.74) is 0.523. The van der Waals surface area contributed by atoms with E-state index in [0.29, 0.717) is 24.5 Å². The van der Waals surface area contributed by atoms with Gasteiger partial charge in [-0.3, -0.25) is 4.79 Å². The molecule has 1 unspecified atom stereocenters. The number of halogens is 1. The van der Waals surface area contributed by atoms with Gasteiger partial charge >= 0.3 is 0 Å². The predicted molar refractivity (Wildman–Crippen MR) is 75.6 cm³/mol. The number of amides is 1. The van der Waals surface area contributed by atoms with Gasteiger partial charge in [0.15, 0.2) is 0 Å². The molecule has 1 fully saturated rings. The minimum Gasteiger partial charge on any atom is -0.496 e. The van der Waals surface area contributed by atoms with Gasteiger partial charge in [-0.05, 0) is 18.2 Å². The molecule has 0 saturated carbocycles. The van der Waals surface area contributed by atoms with Crippen molar-refractivity contribution in [2.75, 3.05) is 33.4 Å². The zero-order chi connectivity index (χ0) is 13.7. The van der Waals surface area contributed by atoms with E-state index in [9.17, 15) is 4.79 Å². The van der Waals surface area contributed by atoms with Crippen LogP contribution < -0.4 is 15.4 Å². The zero-order valence-corrected chi connectivity index (χ0v) is 12.3. The minimum atomic E-state index is -0.154. The number of hydrogen-bond donors (Lipinski definition) is 2. The highest BCUT2D eigenvalue weighted by Gasteiger charge is 2.17. The smallest absolute Gasteiger partial charge is 0.255 e. The normalized spacial score (nSPS) is 18.9. The maximum atomic E-state index is 12.1. The topological polar surface area (TPSA) is 59.6 Å². The van der Waals surface area contributed by atoms with Gasteiger partial charge in [-0.15, -0.1) is 0 Å². The van der Waals surface area contributed by atoms with E-state index >= 15 is 0 Å². The summed E-state index contributed by atoms with van der Waals surface area (Å²) < 4.78 is 11.6. The highest BCUT2D eigenvalue weighted by Crippen LogP contribution is 2.23. The molecule has 1 amide bonds. The number of hydrogen-bond acceptors (Lipinski definition) is 4. The van der Waals surface area contributed by atoms with Crippen molar-refractivity contribution in [3.05, 3.63) is 28.2 Å². The minimum absolute atomic E-state index is 0.0270. The Hall–Kier alpha value is -1.11. The molecule has 0 radical (unpaired) electrons. The van der Waals surface area contributed by atoms with E-state index in [-0.39, 0.29) is 12.0 Å². The molecule has 1 aliphatic rings. The van der Waals surface area contributed by atoms with Crippen LogP contribution in [-0.2, 0) is 4.74 Å². The molecule has 2 N–H and O–H groups in total. The van der Waals surface area contributed by atoms with E-state index in [2.05, 4.69) is 26.6 Å². The van der Waals surface area contributed by atoms with Crippen molar-refractivity contribution < 1.29 is 14.3 Å². The van der Waals surface area contributed by atoms with Gasteiger partial charge in [-0.2, -0.15) is 0 Å². The molecule has 1 aliphatic heterocycles. The van der Waals surface area contributed by atoms with Crippen molar-refractivity contribution in [2.24, 2.45) is 0 Å². The Morgan fingerprint density at radius 3 is 3.16 bits per heavy atom. The van der Waals surface area contributed by atoms with E-state index in [4.69, 9.17) is 9.47 Å². The summed E-state index contributed by atoms with van der Waals surface area (Å²) in [7, 11) is 1.55. The number of morpholine rings is 1. The summed E-state index contributed by atoms with van der Waals surface area (Å²) in [4.78, 5) is 12.1. The Bertz CT molecular complexity index is 448. The fourth-order valence-corrected chi connectivity index (χ4v) is 2.25. The molecule has 5 nitrogen and oxygen atoms in total. The Morgan fingerprint density at radius 2 is 2.47 bits per heavy atom. The molecule has 0 spiro atoms. The third-order valence-corrected chi connectivity index (χ3v) is 3.40. The number of rotatable bonds is 4. The largest absolute Gasteiger partial charge is 0.496 e. The average molecular weight is 329 g/mol. The SMILES string of the molecule is COc1cc(Br)ccc1C(=O)NCC1CNCCO1. The van der Waals surface area contributed by atoms with Crippen LogP contribution >= 0.6 is 15.9 Å². The fourth-order valence-electron chi connectivity index (χ4n) is 1.91. The summed E-state index contributed by atoms with van der Waals surface area (Å²) in [6, 6.07) is 5.32. The summed E-state index contributed by atoms with van der Waals surface area (Å²) in [5, 5.41) is 6.08. The lowest BCUT2D eigenvalue weighted by atomic mass is 10.2. The lowest BCUT2D eigenvalue weighted by Crippen LogP contribution is -2.45. The molecule has 104 valence electrons. The molecular weight excluding hydrogens is 312 g/mol. The molecule has 0 aromatic heterocycles. The summed E-state index contributed by atoms with van der Waals surface area (Å²) in [6.07, 6.45) is 0.0270. The number of ether oxygens (including phenoxy) is 2. The third kappa shape index (κ3) is 3.92. The van der Waals surface area contributed by atoms with Crippen LogP contribution in [0.25, 0.3) is 0 Å². The average Bonchev–Trinajstić information content (AvgIpc) is 2.45. The molecule has 1 atom stereocenters. The van der Waals surface area contributed by atoms with Crippen LogP contribution in [-0.4, -0.2) is 45.4 Å². The molecule has 2 rings (SSSR count). The number of carbonyl (C=O) groups excluding carboxylic acids is 1. The van der Waals surface area contributed by atoms with Crippen LogP contribution in [0.3, 0.4) is 0 Å². The second-order valence-electron chi connectivity index (χ2n) is 4.25. The highest BCUT2D eigenvalue weighted by molar-refractivity contribution is 9.10. The monoisotopic (exact) mass is 328 g/mol. The molecule has 1 aromatic carbocycles. The first kappa shape index (κ1) is 14.3. The number of carbonyl (C=O) groups is 1. The Kier molecular flexibility index (Phi) is 5.18. The van der Waals surface area contributed by atoms with Crippen LogP contribution in [0.2, 0.25) is 0 Å². The van der Waals surface area contributed by atoms with Crippen LogP contribution in [0.4, 0.5) is 0 Å². The van der Waals surface area contributed by atoms with Crippen LogP contribution in [0.1, 0.15) is 10.4 Å². The van der Waals surface area contributed by atoms with Crippen LogP contribution in [0, 0.1) is 0 Å². The summed E-state index contributed by atoms with van der Waals surface area (Å²) >= 11 is 3.35. The van der Waals surface area contributed by atoms with E-state index < -0.39 is 0 Å². The van der Waals surface area contributed by atoms with Gasteiger partial charge in [0, 0.05) is 24.1 Å². The first-order valence-electron chi connectivity index (χ1n) is 6.15. The van der Waals surface area contributed by atoms with Gasteiger partial charge in [-0.1, -0.05) is 15.9 Å². The molecule has 1 aromatic rings. The second kappa shape index (κ2) is 6.88. The molecule has 0 bridgehead atoms. The van der Waals surface area contributed by atoms with E-state index in [1.165, 1.54) is 0 Å². The van der Waals surface area contributed by atoms with E-state index in [0.717, 1.165) is 17.6 Å². The first-order valence-corrected chi connectivity index (χ1v) is 6.94. The maximum absolute atomic E-state index is 12.1. The standard InChI is InChI=1S/C13H17BrN2O3/c1-18-12-6-9(14)2-3-11(12)13(17)16-8-10-7-15-4-5-19-10/h2-3,6,10,15H,4-5,7-8H2,1H3,(H,16,17). The summed E-state index contributed by atoms with van der Waals surface area (Å²) in [5.74, 6) is 0.396. The molecule has 1 heterocycles. The predicted octanol–water partition coefficient (Wildman–Crippen LogP) is 1.18. The van der Waals surface area contributed by atoms with E-state index in [1.807, 2.05) is 6.07 Å². The van der Waals surface area contributed by atoms with E-state index in [1.54, 1.807) is 19.2 Å². The van der Waals surface area contributed by atoms with Crippen molar-refractivity contribution in [3.8, 4) is 5.75 Å². The van der Waals surface area contributed by atoms with Gasteiger partial charge in [-0.25, -0.2) is 0 Å². The van der Waals surface area contributed by atoms with Crippen molar-refractivity contribution in [1.29, 1.82) is 0 Å². The van der Waals surface area contributed by atoms with Gasteiger partial charge in [0.1, 0.15) is 5.75 Å². The van der Waals surface area contributed by atoms with Gasteiger partial charge in [0.25, 0.3) is 5.91 Å². The number of nitrogens with one attached hydrogen (secondary N) is 2. The zero-order valence-electron chi connectivity index (χ0n) is 10.7. The third-order valence-electron chi connectivity index (χ3n) is 2.90. The highest BCUT2D eigenvalue weighted by atomic mass is 79.9. The molecule has 6 heteroatoms. The Balaban J connectivity index is 1.95. The van der Waals surface area contributed by atoms with Gasteiger partial charge < -0.3 is 20.1 Å². The molecule has 0 aliphatic carbocycles. The Morgan fingerprint density at radius 1 is 1.63 bits per heavy atom. The second-order valence-corrected chi connectivity index (χ2v) is 5.17. The lowest BCUT2D eigenvalue weighted by molar-refractivity contribution is 0.0287. The fraction of sp³-hybridized carbons (Fsp3) is 0.462. The Labute approximate surface area is 120 Å². The van der Waals surface area contributed by atoms with Gasteiger partial charge in [0.2, 0.25) is 0 Å². The quantitative estimate of drug-likeness (QED) is 0.871. The van der Waals surface area contributed by atoms with Crippen LogP contribution in [0.5, 0.6) is 5.75 Å². The maximum Gasteiger partial charge on any atom is 0.255 e. The van der Waals surface area contributed by atoms with Crippen LogP contribution in [0.15, 0.2) is 22.7 Å². The molecular formula is C13H17BrN2O3. The van der Waals surface area contributed by atoms with Crippen molar-refractivity contribution in [1.82, 2.24) is 10.6 Å². The van der Waals surface area contributed by atoms with Crippen molar-refractivity contribution >= 4 is 21.8 Å². The van der Waals surface area contributed by atoms with Crippen molar-refractivity contribution in [2.45, 2.75) is 6.10 Å². The summed E-state index contributed by atoms with van der Waals surface area (Å²) in [6.45, 7) is 2.80. The first-order chi connectivity index (χ1) is 9.20. The van der Waals surface area contributed by atoms with Gasteiger partial charge in [0.05, 0.1) is 25.4 Å². The molecule has 1 saturated heterocycles.